The molecule has 0 radical (unpaired) electrons. The number of alkyl halides is 1. The average molecular weight is 314 g/mol. The maximum Gasteiger partial charge on any atom is 0.140 e. The molecule has 1 N–H and O–H groups in total. The zero-order valence-corrected chi connectivity index (χ0v) is 11.2. The van der Waals surface area contributed by atoms with Crippen LogP contribution in [0.25, 0.3) is 0 Å². The number of anilines is 1. The predicted octanol–water partition coefficient (Wildman–Crippen LogP) is 3.16. The van der Waals surface area contributed by atoms with Gasteiger partial charge in [0.25, 0.3) is 0 Å². The van der Waals surface area contributed by atoms with Crippen molar-refractivity contribution in [1.82, 2.24) is 4.98 Å². The van der Waals surface area contributed by atoms with E-state index in [0.717, 1.165) is 4.47 Å². The maximum atomic E-state index is 5.78. The van der Waals surface area contributed by atoms with Gasteiger partial charge < -0.3 is 10.1 Å². The van der Waals surface area contributed by atoms with E-state index in [4.69, 9.17) is 27.9 Å². The van der Waals surface area contributed by atoms with Crippen LogP contribution < -0.4 is 5.32 Å². The number of halogens is 3. The highest BCUT2D eigenvalue weighted by molar-refractivity contribution is 9.10. The van der Waals surface area contributed by atoms with Crippen molar-refractivity contribution in [2.75, 3.05) is 24.9 Å². The molecule has 0 saturated heterocycles. The van der Waals surface area contributed by atoms with Gasteiger partial charge >= 0.3 is 0 Å². The molecule has 0 spiro atoms. The van der Waals surface area contributed by atoms with E-state index in [1.165, 1.54) is 0 Å². The van der Waals surface area contributed by atoms with E-state index in [2.05, 4.69) is 26.2 Å². The van der Waals surface area contributed by atoms with Crippen LogP contribution in [-0.4, -0.2) is 30.6 Å². The minimum Gasteiger partial charge on any atom is -0.383 e. The zero-order valence-electron chi connectivity index (χ0n) is 8.14. The lowest BCUT2D eigenvalue weighted by Gasteiger charge is -2.16. The first-order valence-electron chi connectivity index (χ1n) is 4.30. The van der Waals surface area contributed by atoms with Crippen LogP contribution in [0.5, 0.6) is 0 Å². The highest BCUT2D eigenvalue weighted by atomic mass is 79.9. The van der Waals surface area contributed by atoms with E-state index < -0.39 is 0 Å². The summed E-state index contributed by atoms with van der Waals surface area (Å²) >= 11 is 14.9. The van der Waals surface area contributed by atoms with E-state index in [1.807, 2.05) is 0 Å². The van der Waals surface area contributed by atoms with Crippen molar-refractivity contribution in [2.24, 2.45) is 0 Å². The molecule has 1 aromatic heterocycles. The van der Waals surface area contributed by atoms with Gasteiger partial charge in [-0.3, -0.25) is 0 Å². The Bertz CT molecular complexity index is 325. The summed E-state index contributed by atoms with van der Waals surface area (Å²) in [6.45, 7) is 0.528. The molecule has 0 aromatic carbocycles. The van der Waals surface area contributed by atoms with Crippen molar-refractivity contribution >= 4 is 44.9 Å². The normalized spacial score (nSPS) is 12.5. The monoisotopic (exact) mass is 312 g/mol. The summed E-state index contributed by atoms with van der Waals surface area (Å²) in [6, 6.07) is 1.80. The zero-order chi connectivity index (χ0) is 11.3. The van der Waals surface area contributed by atoms with E-state index in [0.29, 0.717) is 23.3 Å². The smallest absolute Gasteiger partial charge is 0.140 e. The SMILES string of the molecule is COCC(CCl)Nc1ncc(Cl)cc1Br. The molecule has 1 atom stereocenters. The van der Waals surface area contributed by atoms with Gasteiger partial charge in [0, 0.05) is 19.2 Å². The second-order valence-corrected chi connectivity index (χ2v) is 4.53. The first kappa shape index (κ1) is 13.0. The third kappa shape index (κ3) is 4.15. The highest BCUT2D eigenvalue weighted by Gasteiger charge is 2.09. The predicted molar refractivity (Wildman–Crippen MR) is 67.0 cm³/mol. The Hall–Kier alpha value is -0.0300. The third-order valence-corrected chi connectivity index (χ3v) is 2.89. The van der Waals surface area contributed by atoms with Crippen LogP contribution in [0.2, 0.25) is 5.02 Å². The molecule has 1 aromatic rings. The van der Waals surface area contributed by atoms with Gasteiger partial charge in [-0.05, 0) is 22.0 Å². The van der Waals surface area contributed by atoms with Gasteiger partial charge in [-0.15, -0.1) is 11.6 Å². The molecular weight excluding hydrogens is 303 g/mol. The van der Waals surface area contributed by atoms with Crippen LogP contribution in [-0.2, 0) is 4.74 Å². The van der Waals surface area contributed by atoms with Crippen molar-refractivity contribution in [3.05, 3.63) is 21.8 Å². The summed E-state index contributed by atoms with van der Waals surface area (Å²) in [5.41, 5.74) is 0. The summed E-state index contributed by atoms with van der Waals surface area (Å²) in [6.07, 6.45) is 1.58. The van der Waals surface area contributed by atoms with Crippen molar-refractivity contribution in [3.8, 4) is 0 Å². The molecule has 1 rings (SSSR count). The van der Waals surface area contributed by atoms with Crippen LogP contribution in [0.1, 0.15) is 0 Å². The van der Waals surface area contributed by atoms with Crippen LogP contribution in [0, 0.1) is 0 Å². The first-order chi connectivity index (χ1) is 7.17. The van der Waals surface area contributed by atoms with Gasteiger partial charge in [-0.25, -0.2) is 4.98 Å². The Kier molecular flexibility index (Phi) is 5.68. The van der Waals surface area contributed by atoms with Gasteiger partial charge in [-0.2, -0.15) is 0 Å². The molecule has 1 heterocycles. The van der Waals surface area contributed by atoms with E-state index in [1.54, 1.807) is 19.4 Å². The van der Waals surface area contributed by atoms with Crippen LogP contribution in [0.15, 0.2) is 16.7 Å². The van der Waals surface area contributed by atoms with Gasteiger partial charge in [0.05, 0.1) is 22.1 Å². The largest absolute Gasteiger partial charge is 0.383 e. The van der Waals surface area contributed by atoms with Crippen molar-refractivity contribution in [1.29, 1.82) is 0 Å². The summed E-state index contributed by atoms with van der Waals surface area (Å²) in [4.78, 5) is 4.14. The minimum absolute atomic E-state index is 0.0293. The molecule has 15 heavy (non-hydrogen) atoms. The van der Waals surface area contributed by atoms with Crippen LogP contribution >= 0.6 is 39.1 Å². The summed E-state index contributed by atoms with van der Waals surface area (Å²) in [5, 5.41) is 3.74. The van der Waals surface area contributed by atoms with Gasteiger partial charge in [0.2, 0.25) is 0 Å². The highest BCUT2D eigenvalue weighted by Crippen LogP contribution is 2.23. The number of ether oxygens (including phenoxy) is 1. The molecule has 1 unspecified atom stereocenters. The van der Waals surface area contributed by atoms with Crippen molar-refractivity contribution in [2.45, 2.75) is 6.04 Å². The lowest BCUT2D eigenvalue weighted by Crippen LogP contribution is -2.27. The molecule has 0 saturated carbocycles. The molecule has 84 valence electrons. The molecule has 0 aliphatic heterocycles. The fourth-order valence-electron chi connectivity index (χ4n) is 1.04. The average Bonchev–Trinajstić information content (AvgIpc) is 2.21. The Morgan fingerprint density at radius 1 is 1.67 bits per heavy atom. The van der Waals surface area contributed by atoms with Gasteiger partial charge in [0.1, 0.15) is 5.82 Å². The lowest BCUT2D eigenvalue weighted by molar-refractivity contribution is 0.191. The van der Waals surface area contributed by atoms with Crippen molar-refractivity contribution in [3.63, 3.8) is 0 Å². The second kappa shape index (κ2) is 6.53. The molecule has 0 aliphatic carbocycles. The molecule has 3 nitrogen and oxygen atoms in total. The second-order valence-electron chi connectivity index (χ2n) is 2.93. The summed E-state index contributed by atoms with van der Waals surface area (Å²) < 4.78 is 5.82. The van der Waals surface area contributed by atoms with Crippen LogP contribution in [0.4, 0.5) is 5.82 Å². The number of hydrogen-bond donors (Lipinski definition) is 1. The van der Waals surface area contributed by atoms with Crippen molar-refractivity contribution < 1.29 is 4.74 Å². The number of aromatic nitrogens is 1. The molecule has 0 fully saturated rings. The number of nitrogens with one attached hydrogen (secondary N) is 1. The fourth-order valence-corrected chi connectivity index (χ4v) is 1.96. The summed E-state index contributed by atoms with van der Waals surface area (Å²) in [7, 11) is 1.63. The Labute approximate surface area is 107 Å². The molecule has 0 amide bonds. The van der Waals surface area contributed by atoms with Crippen LogP contribution in [0.3, 0.4) is 0 Å². The first-order valence-corrected chi connectivity index (χ1v) is 6.00. The maximum absolute atomic E-state index is 5.78. The molecule has 0 bridgehead atoms. The molecule has 0 aliphatic rings. The van der Waals surface area contributed by atoms with Gasteiger partial charge in [0.15, 0.2) is 0 Å². The number of nitrogens with zero attached hydrogens (tertiary/aromatic N) is 1. The lowest BCUT2D eigenvalue weighted by atomic mass is 10.3. The topological polar surface area (TPSA) is 34.1 Å². The van der Waals surface area contributed by atoms with E-state index in [9.17, 15) is 0 Å². The number of pyridine rings is 1. The standard InChI is InChI=1S/C9H11BrCl2N2O/c1-15-5-7(3-11)14-9-8(10)2-6(12)4-13-9/h2,4,7H,3,5H2,1H3,(H,13,14). The Balaban J connectivity index is 2.70. The number of methoxy groups -OCH3 is 1. The Morgan fingerprint density at radius 3 is 2.93 bits per heavy atom. The Morgan fingerprint density at radius 2 is 2.40 bits per heavy atom. The molecule has 6 heteroatoms. The van der Waals surface area contributed by atoms with Gasteiger partial charge in [-0.1, -0.05) is 11.6 Å². The fraction of sp³-hybridized carbons (Fsp3) is 0.444. The third-order valence-electron chi connectivity index (χ3n) is 1.70. The quantitative estimate of drug-likeness (QED) is 0.848. The number of rotatable bonds is 5. The van der Waals surface area contributed by atoms with E-state index in [-0.39, 0.29) is 6.04 Å². The minimum atomic E-state index is 0.0293. The summed E-state index contributed by atoms with van der Waals surface area (Å²) in [5.74, 6) is 1.16. The molecular formula is C9H11BrCl2N2O. The number of hydrogen-bond acceptors (Lipinski definition) is 3. The van der Waals surface area contributed by atoms with E-state index >= 15 is 0 Å².